The summed E-state index contributed by atoms with van der Waals surface area (Å²) in [5, 5.41) is 9.76. The highest BCUT2D eigenvalue weighted by Gasteiger charge is 2.20. The van der Waals surface area contributed by atoms with Crippen LogP contribution >= 0.6 is 0 Å². The van der Waals surface area contributed by atoms with Crippen LogP contribution in [0.15, 0.2) is 53.3 Å². The summed E-state index contributed by atoms with van der Waals surface area (Å²) in [6, 6.07) is 9.76. The molecule has 1 fully saturated rings. The number of oxazole rings is 1. The number of β-amino-alcohol motifs (C(OH)–C–C–N with tert-alkyl or cyclic N) is 1. The molecule has 0 radical (unpaired) electrons. The highest BCUT2D eigenvalue weighted by Crippen LogP contribution is 2.26. The Morgan fingerprint density at radius 3 is 2.54 bits per heavy atom. The normalized spacial score (nSPS) is 17.9. The number of aliphatic hydroxyl groups excluding tert-OH is 1. The van der Waals surface area contributed by atoms with E-state index in [0.29, 0.717) is 24.1 Å². The summed E-state index contributed by atoms with van der Waals surface area (Å²) in [5.74, 6) is 1.85. The van der Waals surface area contributed by atoms with Crippen LogP contribution in [0.5, 0.6) is 0 Å². The molecule has 1 saturated heterocycles. The number of piperidine rings is 1. The van der Waals surface area contributed by atoms with Crippen LogP contribution in [0.2, 0.25) is 0 Å². The Labute approximate surface area is 139 Å². The fraction of sp³-hybridized carbons (Fsp3) is 0.278. The Balaban J connectivity index is 1.54. The lowest BCUT2D eigenvalue weighted by Gasteiger charge is -2.29. The summed E-state index contributed by atoms with van der Waals surface area (Å²) in [7, 11) is 0. The van der Waals surface area contributed by atoms with Crippen LogP contribution in [-0.2, 0) is 0 Å². The number of aromatic nitrogens is 3. The molecule has 0 aliphatic carbocycles. The van der Waals surface area contributed by atoms with Crippen molar-refractivity contribution < 1.29 is 9.52 Å². The van der Waals surface area contributed by atoms with Gasteiger partial charge in [-0.3, -0.25) is 0 Å². The molecule has 0 saturated carbocycles. The van der Waals surface area contributed by atoms with Crippen LogP contribution in [0.25, 0.3) is 22.8 Å². The Kier molecular flexibility index (Phi) is 3.96. The van der Waals surface area contributed by atoms with Crippen molar-refractivity contribution in [3.05, 3.63) is 48.9 Å². The van der Waals surface area contributed by atoms with Crippen molar-refractivity contribution >= 4 is 5.95 Å². The number of benzene rings is 1. The standard InChI is InChI=1S/C18H18N4O2/c23-15-7-4-8-22(12-15)18-20-9-14(10-21-18)16-11-19-17(24-16)13-5-2-1-3-6-13/h1-3,5-6,9-11,15,23H,4,7-8,12H2. The number of rotatable bonds is 3. The summed E-state index contributed by atoms with van der Waals surface area (Å²) in [5.41, 5.74) is 1.72. The number of nitrogens with zero attached hydrogens (tertiary/aromatic N) is 4. The number of hydrogen-bond acceptors (Lipinski definition) is 6. The zero-order valence-electron chi connectivity index (χ0n) is 13.2. The van der Waals surface area contributed by atoms with Crippen molar-refractivity contribution in [1.29, 1.82) is 0 Å². The second kappa shape index (κ2) is 6.41. The minimum atomic E-state index is -0.301. The molecule has 6 heteroatoms. The molecule has 6 nitrogen and oxygen atoms in total. The summed E-state index contributed by atoms with van der Waals surface area (Å²) in [6.07, 6.45) is 6.65. The molecule has 0 amide bonds. The zero-order valence-corrected chi connectivity index (χ0v) is 13.2. The molecule has 122 valence electrons. The predicted molar refractivity (Wildman–Crippen MR) is 90.4 cm³/mol. The van der Waals surface area contributed by atoms with Crippen molar-refractivity contribution in [2.75, 3.05) is 18.0 Å². The Morgan fingerprint density at radius 2 is 1.79 bits per heavy atom. The molecule has 3 aromatic rings. The summed E-state index contributed by atoms with van der Waals surface area (Å²) in [4.78, 5) is 15.1. The average molecular weight is 322 g/mol. The average Bonchev–Trinajstić information content (AvgIpc) is 3.13. The third kappa shape index (κ3) is 3.00. The molecule has 4 rings (SSSR count). The summed E-state index contributed by atoms with van der Waals surface area (Å²) in [6.45, 7) is 1.46. The van der Waals surface area contributed by atoms with Gasteiger partial charge in [0.15, 0.2) is 5.76 Å². The van der Waals surface area contributed by atoms with Crippen LogP contribution in [0.3, 0.4) is 0 Å². The van der Waals surface area contributed by atoms with Gasteiger partial charge in [0.25, 0.3) is 0 Å². The van der Waals surface area contributed by atoms with Gasteiger partial charge in [0, 0.05) is 31.0 Å². The van der Waals surface area contributed by atoms with E-state index in [-0.39, 0.29) is 6.10 Å². The van der Waals surface area contributed by atoms with Gasteiger partial charge in [-0.2, -0.15) is 0 Å². The van der Waals surface area contributed by atoms with Crippen molar-refractivity contribution in [2.45, 2.75) is 18.9 Å². The second-order valence-electron chi connectivity index (χ2n) is 5.91. The van der Waals surface area contributed by atoms with Gasteiger partial charge in [-0.25, -0.2) is 15.0 Å². The van der Waals surface area contributed by atoms with Crippen LogP contribution in [0.1, 0.15) is 12.8 Å². The molecule has 1 N–H and O–H groups in total. The first kappa shape index (κ1) is 14.8. The first-order valence-electron chi connectivity index (χ1n) is 8.06. The minimum Gasteiger partial charge on any atom is -0.436 e. The number of hydrogen-bond donors (Lipinski definition) is 1. The van der Waals surface area contributed by atoms with E-state index in [0.717, 1.165) is 30.5 Å². The van der Waals surface area contributed by atoms with E-state index in [1.807, 2.05) is 35.2 Å². The van der Waals surface area contributed by atoms with Crippen LogP contribution in [-0.4, -0.2) is 39.3 Å². The van der Waals surface area contributed by atoms with E-state index < -0.39 is 0 Å². The lowest BCUT2D eigenvalue weighted by Crippen LogP contribution is -2.39. The SMILES string of the molecule is OC1CCCN(c2ncc(-c3cnc(-c4ccccc4)o3)cn2)C1. The highest BCUT2D eigenvalue weighted by atomic mass is 16.4. The van der Waals surface area contributed by atoms with Crippen molar-refractivity contribution in [1.82, 2.24) is 15.0 Å². The maximum absolute atomic E-state index is 9.76. The van der Waals surface area contributed by atoms with Gasteiger partial charge >= 0.3 is 0 Å². The fourth-order valence-corrected chi connectivity index (χ4v) is 2.87. The quantitative estimate of drug-likeness (QED) is 0.799. The van der Waals surface area contributed by atoms with Gasteiger partial charge in [0.05, 0.1) is 17.9 Å². The van der Waals surface area contributed by atoms with E-state index in [2.05, 4.69) is 15.0 Å². The molecule has 1 unspecified atom stereocenters. The Hall–Kier alpha value is -2.73. The van der Waals surface area contributed by atoms with Crippen LogP contribution in [0.4, 0.5) is 5.95 Å². The molecule has 1 atom stereocenters. The molecule has 2 aromatic heterocycles. The van der Waals surface area contributed by atoms with Gasteiger partial charge in [-0.05, 0) is 25.0 Å². The van der Waals surface area contributed by atoms with Gasteiger partial charge in [-0.1, -0.05) is 18.2 Å². The van der Waals surface area contributed by atoms with E-state index in [1.165, 1.54) is 0 Å². The second-order valence-corrected chi connectivity index (χ2v) is 5.91. The lowest BCUT2D eigenvalue weighted by molar-refractivity contribution is 0.153. The third-order valence-corrected chi connectivity index (χ3v) is 4.13. The maximum Gasteiger partial charge on any atom is 0.226 e. The van der Waals surface area contributed by atoms with Gasteiger partial charge in [-0.15, -0.1) is 0 Å². The largest absolute Gasteiger partial charge is 0.436 e. The molecule has 1 aliphatic heterocycles. The smallest absolute Gasteiger partial charge is 0.226 e. The van der Waals surface area contributed by atoms with Gasteiger partial charge in [0.2, 0.25) is 11.8 Å². The molecule has 24 heavy (non-hydrogen) atoms. The first-order valence-corrected chi connectivity index (χ1v) is 8.06. The molecule has 0 bridgehead atoms. The maximum atomic E-state index is 9.76. The van der Waals surface area contributed by atoms with Crippen molar-refractivity contribution in [2.24, 2.45) is 0 Å². The van der Waals surface area contributed by atoms with E-state index in [4.69, 9.17) is 4.42 Å². The Bertz CT molecular complexity index is 801. The predicted octanol–water partition coefficient (Wildman–Crippen LogP) is 2.76. The van der Waals surface area contributed by atoms with E-state index in [1.54, 1.807) is 18.6 Å². The number of aliphatic hydroxyl groups is 1. The topological polar surface area (TPSA) is 75.3 Å². The fourth-order valence-electron chi connectivity index (χ4n) is 2.87. The molecular weight excluding hydrogens is 304 g/mol. The minimum absolute atomic E-state index is 0.301. The first-order chi connectivity index (χ1) is 11.8. The molecule has 0 spiro atoms. The van der Waals surface area contributed by atoms with Crippen molar-refractivity contribution in [3.8, 4) is 22.8 Å². The molecule has 1 aliphatic rings. The zero-order chi connectivity index (χ0) is 16.4. The molecule has 3 heterocycles. The van der Waals surface area contributed by atoms with E-state index >= 15 is 0 Å². The van der Waals surface area contributed by atoms with Crippen LogP contribution in [0, 0.1) is 0 Å². The molecular formula is C18H18N4O2. The summed E-state index contributed by atoms with van der Waals surface area (Å²) < 4.78 is 5.81. The van der Waals surface area contributed by atoms with Gasteiger partial charge in [0.1, 0.15) is 0 Å². The number of anilines is 1. The Morgan fingerprint density at radius 1 is 1.00 bits per heavy atom. The highest BCUT2D eigenvalue weighted by molar-refractivity contribution is 5.60. The van der Waals surface area contributed by atoms with Crippen molar-refractivity contribution in [3.63, 3.8) is 0 Å². The lowest BCUT2D eigenvalue weighted by atomic mass is 10.1. The van der Waals surface area contributed by atoms with Crippen LogP contribution < -0.4 is 4.90 Å². The van der Waals surface area contributed by atoms with E-state index in [9.17, 15) is 5.11 Å². The molecule has 1 aromatic carbocycles. The summed E-state index contributed by atoms with van der Waals surface area (Å²) >= 11 is 0. The monoisotopic (exact) mass is 322 g/mol. The third-order valence-electron chi connectivity index (χ3n) is 4.13. The van der Waals surface area contributed by atoms with Gasteiger partial charge < -0.3 is 14.4 Å².